The van der Waals surface area contributed by atoms with E-state index in [1.165, 1.54) is 0 Å². The first-order chi connectivity index (χ1) is 8.11. The molecule has 5 heteroatoms. The van der Waals surface area contributed by atoms with Gasteiger partial charge in [0.2, 0.25) is 5.91 Å². The summed E-state index contributed by atoms with van der Waals surface area (Å²) in [6, 6.07) is 5.40. The maximum Gasteiger partial charge on any atom is 0.328 e. The van der Waals surface area contributed by atoms with Crippen LogP contribution in [0, 0.1) is 6.92 Å². The lowest BCUT2D eigenvalue weighted by Crippen LogP contribution is -2.49. The zero-order valence-electron chi connectivity index (χ0n) is 9.69. The molecule has 0 bridgehead atoms. The van der Waals surface area contributed by atoms with Crippen LogP contribution in [0.4, 0.5) is 10.5 Å². The molecule has 1 aliphatic heterocycles. The van der Waals surface area contributed by atoms with E-state index in [2.05, 4.69) is 5.32 Å². The fraction of sp³-hybridized carbons (Fsp3) is 0.333. The van der Waals surface area contributed by atoms with E-state index in [0.29, 0.717) is 19.5 Å². The SMILES string of the molecule is Cc1ccc(CN)cc1N1CCC(=O)NC1=O. The lowest BCUT2D eigenvalue weighted by atomic mass is 10.1. The van der Waals surface area contributed by atoms with Gasteiger partial charge < -0.3 is 5.73 Å². The Morgan fingerprint density at radius 2 is 2.18 bits per heavy atom. The molecular weight excluding hydrogens is 218 g/mol. The van der Waals surface area contributed by atoms with Gasteiger partial charge in [-0.2, -0.15) is 0 Å². The molecule has 90 valence electrons. The number of nitrogens with zero attached hydrogens (tertiary/aromatic N) is 1. The van der Waals surface area contributed by atoms with Crippen molar-refractivity contribution in [3.05, 3.63) is 29.3 Å². The van der Waals surface area contributed by atoms with Gasteiger partial charge in [0.1, 0.15) is 0 Å². The molecule has 0 unspecified atom stereocenters. The minimum absolute atomic E-state index is 0.223. The lowest BCUT2D eigenvalue weighted by Gasteiger charge is -2.28. The van der Waals surface area contributed by atoms with E-state index in [0.717, 1.165) is 16.8 Å². The van der Waals surface area contributed by atoms with Crippen molar-refractivity contribution in [2.75, 3.05) is 11.4 Å². The van der Waals surface area contributed by atoms with Crippen molar-refractivity contribution in [2.45, 2.75) is 19.9 Å². The molecule has 1 aliphatic rings. The number of aryl methyl sites for hydroxylation is 1. The van der Waals surface area contributed by atoms with E-state index in [1.807, 2.05) is 25.1 Å². The van der Waals surface area contributed by atoms with Crippen molar-refractivity contribution in [3.63, 3.8) is 0 Å². The third-order valence-electron chi connectivity index (χ3n) is 2.85. The van der Waals surface area contributed by atoms with Gasteiger partial charge in [0.05, 0.1) is 0 Å². The zero-order chi connectivity index (χ0) is 12.4. The molecule has 0 spiro atoms. The Hall–Kier alpha value is -1.88. The third-order valence-corrected chi connectivity index (χ3v) is 2.85. The minimum atomic E-state index is -0.362. The summed E-state index contributed by atoms with van der Waals surface area (Å²) < 4.78 is 0. The highest BCUT2D eigenvalue weighted by Gasteiger charge is 2.25. The van der Waals surface area contributed by atoms with Crippen molar-refractivity contribution < 1.29 is 9.59 Å². The average molecular weight is 233 g/mol. The molecule has 3 amide bonds. The van der Waals surface area contributed by atoms with Gasteiger partial charge in [-0.15, -0.1) is 0 Å². The first-order valence-electron chi connectivity index (χ1n) is 5.53. The predicted octanol–water partition coefficient (Wildman–Crippen LogP) is 0.900. The van der Waals surface area contributed by atoms with Gasteiger partial charge in [-0.3, -0.25) is 15.0 Å². The topological polar surface area (TPSA) is 75.4 Å². The van der Waals surface area contributed by atoms with Crippen LogP contribution in [-0.4, -0.2) is 18.5 Å². The number of carbonyl (C=O) groups is 2. The van der Waals surface area contributed by atoms with Gasteiger partial charge in [0.15, 0.2) is 0 Å². The van der Waals surface area contributed by atoms with Crippen LogP contribution in [0.2, 0.25) is 0 Å². The number of amides is 3. The van der Waals surface area contributed by atoms with Crippen molar-refractivity contribution in [2.24, 2.45) is 5.73 Å². The third kappa shape index (κ3) is 2.29. The Bertz CT molecular complexity index is 471. The summed E-state index contributed by atoms with van der Waals surface area (Å²) in [6.45, 7) is 2.78. The number of urea groups is 1. The molecule has 2 rings (SSSR count). The monoisotopic (exact) mass is 233 g/mol. The molecule has 0 aromatic heterocycles. The number of carbonyl (C=O) groups excluding carboxylic acids is 2. The molecule has 0 atom stereocenters. The van der Waals surface area contributed by atoms with E-state index in [1.54, 1.807) is 4.90 Å². The molecule has 1 fully saturated rings. The maximum atomic E-state index is 11.7. The van der Waals surface area contributed by atoms with E-state index in [-0.39, 0.29) is 11.9 Å². The summed E-state index contributed by atoms with van der Waals surface area (Å²) in [5.74, 6) is -0.223. The van der Waals surface area contributed by atoms with Gasteiger partial charge in [0, 0.05) is 25.2 Å². The van der Waals surface area contributed by atoms with Crippen LogP contribution in [0.3, 0.4) is 0 Å². The first-order valence-corrected chi connectivity index (χ1v) is 5.53. The van der Waals surface area contributed by atoms with Gasteiger partial charge in [0.25, 0.3) is 0 Å². The van der Waals surface area contributed by atoms with Crippen molar-refractivity contribution in [3.8, 4) is 0 Å². The Labute approximate surface area is 99.6 Å². The van der Waals surface area contributed by atoms with E-state index in [9.17, 15) is 9.59 Å². The molecular formula is C12H15N3O2. The number of rotatable bonds is 2. The lowest BCUT2D eigenvalue weighted by molar-refractivity contribution is -0.120. The number of imide groups is 1. The van der Waals surface area contributed by atoms with Gasteiger partial charge in [-0.05, 0) is 24.1 Å². The Morgan fingerprint density at radius 1 is 1.41 bits per heavy atom. The van der Waals surface area contributed by atoms with E-state index < -0.39 is 0 Å². The molecule has 1 saturated heterocycles. The highest BCUT2D eigenvalue weighted by molar-refractivity contribution is 6.05. The number of anilines is 1. The normalized spacial score (nSPS) is 16.0. The average Bonchev–Trinajstić information content (AvgIpc) is 2.30. The second-order valence-electron chi connectivity index (χ2n) is 4.08. The van der Waals surface area contributed by atoms with Crippen LogP contribution >= 0.6 is 0 Å². The standard InChI is InChI=1S/C12H15N3O2/c1-8-2-3-9(7-13)6-10(8)15-5-4-11(16)14-12(15)17/h2-3,6H,4-5,7,13H2,1H3,(H,14,16,17). The summed E-state index contributed by atoms with van der Waals surface area (Å²) in [7, 11) is 0. The largest absolute Gasteiger partial charge is 0.328 e. The van der Waals surface area contributed by atoms with Crippen LogP contribution in [0.1, 0.15) is 17.5 Å². The van der Waals surface area contributed by atoms with Crippen molar-refractivity contribution >= 4 is 17.6 Å². The Balaban J connectivity index is 2.33. The smallest absolute Gasteiger partial charge is 0.326 e. The second-order valence-corrected chi connectivity index (χ2v) is 4.08. The summed E-state index contributed by atoms with van der Waals surface area (Å²) in [4.78, 5) is 24.4. The number of hydrogen-bond acceptors (Lipinski definition) is 3. The Kier molecular flexibility index (Phi) is 3.10. The molecule has 0 saturated carbocycles. The molecule has 1 aromatic rings. The van der Waals surface area contributed by atoms with Crippen molar-refractivity contribution in [1.29, 1.82) is 0 Å². The summed E-state index contributed by atoms with van der Waals surface area (Å²) >= 11 is 0. The van der Waals surface area contributed by atoms with Crippen molar-refractivity contribution in [1.82, 2.24) is 5.32 Å². The highest BCUT2D eigenvalue weighted by atomic mass is 16.2. The van der Waals surface area contributed by atoms with Gasteiger partial charge in [-0.1, -0.05) is 12.1 Å². The van der Waals surface area contributed by atoms with Crippen LogP contribution in [0.25, 0.3) is 0 Å². The number of benzene rings is 1. The van der Waals surface area contributed by atoms with Crippen LogP contribution in [-0.2, 0) is 11.3 Å². The van der Waals surface area contributed by atoms with Crippen LogP contribution in [0.15, 0.2) is 18.2 Å². The minimum Gasteiger partial charge on any atom is -0.326 e. The zero-order valence-corrected chi connectivity index (χ0v) is 9.69. The molecule has 5 nitrogen and oxygen atoms in total. The predicted molar refractivity (Wildman–Crippen MR) is 64.6 cm³/mol. The fourth-order valence-corrected chi connectivity index (χ4v) is 1.87. The molecule has 17 heavy (non-hydrogen) atoms. The number of nitrogens with two attached hydrogens (primary N) is 1. The summed E-state index contributed by atoms with van der Waals surface area (Å²) in [6.07, 6.45) is 0.331. The summed E-state index contributed by atoms with van der Waals surface area (Å²) in [5, 5.41) is 2.31. The molecule has 0 aliphatic carbocycles. The van der Waals surface area contributed by atoms with Gasteiger partial charge in [-0.25, -0.2) is 4.79 Å². The molecule has 0 radical (unpaired) electrons. The molecule has 1 heterocycles. The molecule has 3 N–H and O–H groups in total. The maximum absolute atomic E-state index is 11.7. The van der Waals surface area contributed by atoms with Gasteiger partial charge >= 0.3 is 6.03 Å². The number of hydrogen-bond donors (Lipinski definition) is 2. The van der Waals surface area contributed by atoms with E-state index >= 15 is 0 Å². The second kappa shape index (κ2) is 4.55. The first kappa shape index (κ1) is 11.6. The fourth-order valence-electron chi connectivity index (χ4n) is 1.87. The quantitative estimate of drug-likeness (QED) is 0.796. The molecule has 1 aromatic carbocycles. The van der Waals surface area contributed by atoms with Crippen LogP contribution < -0.4 is 16.0 Å². The van der Waals surface area contributed by atoms with E-state index in [4.69, 9.17) is 5.73 Å². The Morgan fingerprint density at radius 3 is 2.82 bits per heavy atom. The highest BCUT2D eigenvalue weighted by Crippen LogP contribution is 2.23. The van der Waals surface area contributed by atoms with Crippen LogP contribution in [0.5, 0.6) is 0 Å². The number of nitrogens with one attached hydrogen (secondary N) is 1. The summed E-state index contributed by atoms with van der Waals surface area (Å²) in [5.41, 5.74) is 8.36.